The van der Waals surface area contributed by atoms with Gasteiger partial charge in [-0.2, -0.15) is 0 Å². The van der Waals surface area contributed by atoms with Gasteiger partial charge in [0.25, 0.3) is 0 Å². The first kappa shape index (κ1) is 19.3. The maximum absolute atomic E-state index is 13.7. The van der Waals surface area contributed by atoms with Gasteiger partial charge < -0.3 is 9.67 Å². The molecule has 4 nitrogen and oxygen atoms in total. The lowest BCUT2D eigenvalue weighted by molar-refractivity contribution is -0.136. The summed E-state index contributed by atoms with van der Waals surface area (Å²) < 4.78 is 2.05. The number of fused-ring (bicyclic) bond motifs is 1. The monoisotopic (exact) mass is 409 g/mol. The molecule has 1 heterocycles. The molecular weight excluding hydrogens is 386 g/mol. The number of hydrogen-bond donors (Lipinski definition) is 1. The fraction of sp³-hybridized carbons (Fsp3) is 0.185. The molecule has 0 bridgehead atoms. The van der Waals surface area contributed by atoms with Crippen LogP contribution in [-0.4, -0.2) is 21.4 Å². The number of para-hydroxylation sites is 1. The van der Waals surface area contributed by atoms with Crippen molar-refractivity contribution in [3.63, 3.8) is 0 Å². The van der Waals surface area contributed by atoms with Crippen molar-refractivity contribution >= 4 is 22.7 Å². The van der Waals surface area contributed by atoms with Crippen LogP contribution in [0.5, 0.6) is 0 Å². The topological polar surface area (TPSA) is 59.3 Å². The highest BCUT2D eigenvalue weighted by molar-refractivity contribution is 6.13. The zero-order valence-electron chi connectivity index (χ0n) is 17.1. The molecule has 0 atom stereocenters. The molecule has 5 rings (SSSR count). The zero-order valence-corrected chi connectivity index (χ0v) is 17.1. The summed E-state index contributed by atoms with van der Waals surface area (Å²) in [5.41, 5.74) is 4.78. The number of rotatable bonds is 7. The van der Waals surface area contributed by atoms with E-state index < -0.39 is 5.97 Å². The Labute approximate surface area is 180 Å². The molecule has 154 valence electrons. The van der Waals surface area contributed by atoms with Crippen LogP contribution in [-0.2, 0) is 17.8 Å². The summed E-state index contributed by atoms with van der Waals surface area (Å²) in [4.78, 5) is 25.3. The van der Waals surface area contributed by atoms with E-state index in [1.807, 2.05) is 78.9 Å². The zero-order chi connectivity index (χ0) is 21.4. The highest BCUT2D eigenvalue weighted by Gasteiger charge is 2.29. The molecule has 1 aromatic heterocycles. The number of aromatic nitrogens is 1. The Balaban J connectivity index is 1.61. The van der Waals surface area contributed by atoms with E-state index >= 15 is 0 Å². The van der Waals surface area contributed by atoms with E-state index in [0.717, 1.165) is 41.4 Å². The number of ketones is 1. The van der Waals surface area contributed by atoms with Crippen LogP contribution in [0.4, 0.5) is 0 Å². The van der Waals surface area contributed by atoms with E-state index in [0.29, 0.717) is 22.7 Å². The van der Waals surface area contributed by atoms with Crippen molar-refractivity contribution in [1.29, 1.82) is 0 Å². The molecule has 0 aliphatic heterocycles. The van der Waals surface area contributed by atoms with Crippen LogP contribution in [0.25, 0.3) is 22.0 Å². The molecular formula is C27H23NO3. The molecule has 1 saturated carbocycles. The summed E-state index contributed by atoms with van der Waals surface area (Å²) in [5, 5.41) is 10.4. The second kappa shape index (κ2) is 7.88. The molecule has 0 saturated heterocycles. The molecule has 4 heteroatoms. The minimum atomic E-state index is -0.928. The van der Waals surface area contributed by atoms with E-state index in [9.17, 15) is 14.7 Å². The van der Waals surface area contributed by atoms with Gasteiger partial charge in [-0.1, -0.05) is 72.8 Å². The van der Waals surface area contributed by atoms with E-state index in [1.54, 1.807) is 0 Å². The summed E-state index contributed by atoms with van der Waals surface area (Å²) in [7, 11) is 0. The van der Waals surface area contributed by atoms with Gasteiger partial charge in [0.1, 0.15) is 0 Å². The lowest BCUT2D eigenvalue weighted by Gasteiger charge is -2.11. The molecule has 1 aliphatic rings. The molecule has 1 aliphatic carbocycles. The van der Waals surface area contributed by atoms with E-state index in [2.05, 4.69) is 4.57 Å². The minimum absolute atomic E-state index is 0.118. The fourth-order valence-corrected chi connectivity index (χ4v) is 4.29. The Morgan fingerprint density at radius 3 is 2.16 bits per heavy atom. The van der Waals surface area contributed by atoms with Crippen LogP contribution in [0.15, 0.2) is 78.9 Å². The predicted octanol–water partition coefficient (Wildman–Crippen LogP) is 5.58. The van der Waals surface area contributed by atoms with Crippen molar-refractivity contribution in [1.82, 2.24) is 4.57 Å². The fourth-order valence-electron chi connectivity index (χ4n) is 4.29. The number of benzene rings is 3. The standard InChI is InChI=1S/C27H23NO3/c29-25(30)16-23-22-8-4-5-9-24(22)28(17-18-10-11-18)26(23)27(31)21-14-12-20(13-15-21)19-6-2-1-3-7-19/h1-9,12-15,18H,10-11,16-17H2,(H,29,30). The number of carboxylic acids is 1. The lowest BCUT2D eigenvalue weighted by atomic mass is 9.98. The summed E-state index contributed by atoms with van der Waals surface area (Å²) in [5.74, 6) is -0.490. The first-order valence-electron chi connectivity index (χ1n) is 10.6. The first-order valence-corrected chi connectivity index (χ1v) is 10.6. The maximum Gasteiger partial charge on any atom is 0.307 e. The van der Waals surface area contributed by atoms with Gasteiger partial charge >= 0.3 is 5.97 Å². The van der Waals surface area contributed by atoms with Crippen LogP contribution in [0.3, 0.4) is 0 Å². The van der Waals surface area contributed by atoms with Crippen LogP contribution in [0, 0.1) is 5.92 Å². The Morgan fingerprint density at radius 1 is 0.839 bits per heavy atom. The summed E-state index contributed by atoms with van der Waals surface area (Å²) in [6.07, 6.45) is 2.14. The molecule has 0 unspecified atom stereocenters. The SMILES string of the molecule is O=C(O)Cc1c(C(=O)c2ccc(-c3ccccc3)cc2)n(CC2CC2)c2ccccc12. The summed E-state index contributed by atoms with van der Waals surface area (Å²) >= 11 is 0. The van der Waals surface area contributed by atoms with Crippen molar-refractivity contribution in [3.8, 4) is 11.1 Å². The number of carbonyl (C=O) groups is 2. The number of nitrogens with zero attached hydrogens (tertiary/aromatic N) is 1. The average molecular weight is 409 g/mol. The van der Waals surface area contributed by atoms with Crippen LogP contribution < -0.4 is 0 Å². The second-order valence-corrected chi connectivity index (χ2v) is 8.24. The third-order valence-electron chi connectivity index (χ3n) is 6.01. The predicted molar refractivity (Wildman–Crippen MR) is 121 cm³/mol. The first-order chi connectivity index (χ1) is 15.1. The van der Waals surface area contributed by atoms with Crippen LogP contribution in [0.1, 0.15) is 34.5 Å². The lowest BCUT2D eigenvalue weighted by Crippen LogP contribution is -2.15. The molecule has 4 aromatic rings. The van der Waals surface area contributed by atoms with Crippen molar-refractivity contribution in [3.05, 3.63) is 95.7 Å². The average Bonchev–Trinajstić information content (AvgIpc) is 3.57. The molecule has 0 radical (unpaired) electrons. The molecule has 1 N–H and O–H groups in total. The second-order valence-electron chi connectivity index (χ2n) is 8.24. The molecule has 0 spiro atoms. The Bertz CT molecular complexity index is 1270. The van der Waals surface area contributed by atoms with Crippen molar-refractivity contribution < 1.29 is 14.7 Å². The summed E-state index contributed by atoms with van der Waals surface area (Å²) in [6.45, 7) is 0.753. The molecule has 3 aromatic carbocycles. The van der Waals surface area contributed by atoms with Gasteiger partial charge in [-0.05, 0) is 36.0 Å². The number of hydrogen-bond acceptors (Lipinski definition) is 2. The highest BCUT2D eigenvalue weighted by atomic mass is 16.4. The van der Waals surface area contributed by atoms with Gasteiger partial charge in [-0.15, -0.1) is 0 Å². The number of aliphatic carboxylic acids is 1. The van der Waals surface area contributed by atoms with Crippen molar-refractivity contribution in [2.45, 2.75) is 25.8 Å². The van der Waals surface area contributed by atoms with Gasteiger partial charge in [-0.3, -0.25) is 9.59 Å². The van der Waals surface area contributed by atoms with Crippen molar-refractivity contribution in [2.24, 2.45) is 5.92 Å². The van der Waals surface area contributed by atoms with Gasteiger partial charge in [0, 0.05) is 28.6 Å². The highest BCUT2D eigenvalue weighted by Crippen LogP contribution is 2.36. The third kappa shape index (κ3) is 3.77. The van der Waals surface area contributed by atoms with Gasteiger partial charge in [0.05, 0.1) is 12.1 Å². The van der Waals surface area contributed by atoms with E-state index in [-0.39, 0.29) is 12.2 Å². The molecule has 0 amide bonds. The van der Waals surface area contributed by atoms with E-state index in [1.165, 1.54) is 0 Å². The molecule has 1 fully saturated rings. The van der Waals surface area contributed by atoms with Gasteiger partial charge in [-0.25, -0.2) is 0 Å². The Morgan fingerprint density at radius 2 is 1.48 bits per heavy atom. The number of carbonyl (C=O) groups excluding carboxylic acids is 1. The maximum atomic E-state index is 13.7. The third-order valence-corrected chi connectivity index (χ3v) is 6.01. The van der Waals surface area contributed by atoms with Gasteiger partial charge in [0.2, 0.25) is 5.78 Å². The normalized spacial score (nSPS) is 13.4. The van der Waals surface area contributed by atoms with Gasteiger partial charge in [0.15, 0.2) is 0 Å². The summed E-state index contributed by atoms with van der Waals surface area (Å²) in [6, 6.07) is 25.4. The number of carboxylic acid groups (broad SMARTS) is 1. The van der Waals surface area contributed by atoms with Crippen LogP contribution in [0.2, 0.25) is 0 Å². The molecule has 31 heavy (non-hydrogen) atoms. The quantitative estimate of drug-likeness (QED) is 0.406. The van der Waals surface area contributed by atoms with Crippen molar-refractivity contribution in [2.75, 3.05) is 0 Å². The Kier molecular flexibility index (Phi) is 4.91. The largest absolute Gasteiger partial charge is 0.481 e. The smallest absolute Gasteiger partial charge is 0.307 e. The minimum Gasteiger partial charge on any atom is -0.481 e. The van der Waals surface area contributed by atoms with E-state index in [4.69, 9.17) is 0 Å². The van der Waals surface area contributed by atoms with Crippen LogP contribution >= 0.6 is 0 Å². The Hall–Kier alpha value is -3.66.